The fraction of sp³-hybridized carbons (Fsp3) is 0.529. The zero-order chi connectivity index (χ0) is 37.4. The summed E-state index contributed by atoms with van der Waals surface area (Å²) in [4.78, 5) is 43.4. The van der Waals surface area contributed by atoms with Crippen molar-refractivity contribution in [2.45, 2.75) is 72.5 Å². The number of fused-ring (bicyclic) bond motifs is 9. The summed E-state index contributed by atoms with van der Waals surface area (Å²) in [6, 6.07) is 0.309. The van der Waals surface area contributed by atoms with E-state index in [4.69, 9.17) is 63.2 Å². The molecule has 5 heterocycles. The highest BCUT2D eigenvalue weighted by atomic mass is 35.6. The number of cyclic esters (lactones) is 1. The van der Waals surface area contributed by atoms with E-state index < -0.39 is 63.9 Å². The third-order valence-corrected chi connectivity index (χ3v) is 12.0. The number of halogens is 3. The molecule has 2 N–H and O–H groups in total. The molecule has 0 saturated carbocycles. The van der Waals surface area contributed by atoms with Crippen molar-refractivity contribution < 1.29 is 47.9 Å². The first kappa shape index (κ1) is 36.8. The molecule has 2 fully saturated rings. The summed E-state index contributed by atoms with van der Waals surface area (Å²) in [5.74, 6) is -0.00818. The highest BCUT2D eigenvalue weighted by Crippen LogP contribution is 2.64. The number of amides is 1. The van der Waals surface area contributed by atoms with Crippen molar-refractivity contribution in [1.82, 2.24) is 15.1 Å². The number of carbonyl (C=O) groups is 3. The van der Waals surface area contributed by atoms with Crippen LogP contribution in [-0.4, -0.2) is 101 Å². The number of phenols is 1. The lowest BCUT2D eigenvalue weighted by Gasteiger charge is -2.61. The average molecular weight is 798 g/mol. The van der Waals surface area contributed by atoms with E-state index in [9.17, 15) is 24.8 Å². The number of nitriles is 1. The Morgan fingerprint density at radius 3 is 2.56 bits per heavy atom. The molecule has 278 valence electrons. The van der Waals surface area contributed by atoms with Gasteiger partial charge in [0, 0.05) is 47.0 Å². The zero-order valence-electron chi connectivity index (χ0n) is 28.7. The lowest BCUT2D eigenvalue weighted by atomic mass is 9.71. The number of aryl methyl sites for hydroxylation is 1. The summed E-state index contributed by atoms with van der Waals surface area (Å²) < 4.78 is 32.8. The number of thioether (sulfide) groups is 1. The number of nitrogens with zero attached hydrogens (tertiary/aromatic N) is 3. The van der Waals surface area contributed by atoms with E-state index in [1.807, 2.05) is 20.0 Å². The van der Waals surface area contributed by atoms with Gasteiger partial charge in [-0.25, -0.2) is 9.59 Å². The SMILES string of the molecule is COc1c(C)cc2c(c1O)[C@H]1[C@@H]3[C@@H]4SC[C@H](NC(=O)OCC(Cl)(Cl)Cl)C(=O)OC[C@@H](c5c6c(c(C)c(OC(C)=O)c54)OCO6)N3[C@@H](C#N)[C@H](C2)N1C. The van der Waals surface area contributed by atoms with E-state index >= 15 is 0 Å². The summed E-state index contributed by atoms with van der Waals surface area (Å²) >= 11 is 18.6. The zero-order valence-corrected chi connectivity index (χ0v) is 31.7. The number of alkyl halides is 3. The number of likely N-dealkylation sites (N-methyl/N-ethyl adjacent to an activating group) is 1. The maximum absolute atomic E-state index is 13.7. The van der Waals surface area contributed by atoms with Gasteiger partial charge < -0.3 is 38.8 Å². The Morgan fingerprint density at radius 2 is 1.88 bits per heavy atom. The van der Waals surface area contributed by atoms with Crippen LogP contribution in [0.3, 0.4) is 0 Å². The Kier molecular flexibility index (Phi) is 9.71. The van der Waals surface area contributed by atoms with E-state index in [0.717, 1.165) is 11.1 Å². The van der Waals surface area contributed by atoms with E-state index in [1.165, 1.54) is 25.8 Å². The standard InChI is InChI=1S/C34H35Cl3N4O10S/c1-13-6-16-7-18-19(8-38)41-20-9-47-32(44)17(39-33(45)48-11-34(35,36)37)10-52-31(25(41)24(40(18)4)21(16)26(43)27(13)46-5)23-22(20)30-29(49-12-50-30)14(2)28(23)51-15(3)42/h6,17-20,24-25,31,43H,7,9-12H2,1-5H3,(H,39,45)/t17-,18-,19-,20-,24-,25+,31+/m0/s1. The number of hydrogen-bond acceptors (Lipinski definition) is 14. The maximum atomic E-state index is 13.7. The molecule has 7 atom stereocenters. The van der Waals surface area contributed by atoms with Gasteiger partial charge >= 0.3 is 18.0 Å². The molecule has 2 aromatic rings. The summed E-state index contributed by atoms with van der Waals surface area (Å²) in [6.07, 6.45) is -0.553. The van der Waals surface area contributed by atoms with Crippen LogP contribution in [0, 0.1) is 25.2 Å². The van der Waals surface area contributed by atoms with Crippen molar-refractivity contribution in [2.24, 2.45) is 0 Å². The topological polar surface area (TPSA) is 169 Å². The predicted molar refractivity (Wildman–Crippen MR) is 188 cm³/mol. The van der Waals surface area contributed by atoms with Crippen molar-refractivity contribution in [3.63, 3.8) is 0 Å². The molecular weight excluding hydrogens is 763 g/mol. The van der Waals surface area contributed by atoms with Crippen molar-refractivity contribution in [1.29, 1.82) is 5.26 Å². The Morgan fingerprint density at radius 1 is 1.15 bits per heavy atom. The molecule has 0 spiro atoms. The van der Waals surface area contributed by atoms with Crippen LogP contribution < -0.4 is 24.3 Å². The van der Waals surface area contributed by atoms with E-state index in [1.54, 1.807) is 6.92 Å². The van der Waals surface area contributed by atoms with Crippen LogP contribution in [-0.2, 0) is 25.5 Å². The van der Waals surface area contributed by atoms with Gasteiger partial charge in [-0.2, -0.15) is 5.26 Å². The number of piperazine rings is 1. The lowest BCUT2D eigenvalue weighted by Crippen LogP contribution is -2.69. The number of methoxy groups -OCH3 is 1. The molecule has 14 nitrogen and oxygen atoms in total. The highest BCUT2D eigenvalue weighted by molar-refractivity contribution is 7.99. The molecule has 7 rings (SSSR count). The normalized spacial score (nSPS) is 27.7. The lowest BCUT2D eigenvalue weighted by molar-refractivity contribution is -0.151. The first-order valence-electron chi connectivity index (χ1n) is 16.4. The van der Waals surface area contributed by atoms with Crippen molar-refractivity contribution in [3.05, 3.63) is 39.4 Å². The second-order valence-electron chi connectivity index (χ2n) is 13.3. The van der Waals surface area contributed by atoms with E-state index in [0.29, 0.717) is 45.9 Å². The summed E-state index contributed by atoms with van der Waals surface area (Å²) in [7, 11) is 3.42. The number of rotatable bonds is 4. The molecule has 2 saturated heterocycles. The van der Waals surface area contributed by atoms with Crippen LogP contribution >= 0.6 is 46.6 Å². The molecule has 2 aromatic carbocycles. The quantitative estimate of drug-likeness (QED) is 0.248. The molecule has 4 bridgehead atoms. The number of nitrogens with one attached hydrogen (secondary N) is 1. The van der Waals surface area contributed by atoms with Gasteiger partial charge in [0.2, 0.25) is 10.6 Å². The summed E-state index contributed by atoms with van der Waals surface area (Å²) in [5.41, 5.74) is 3.97. The number of aromatic hydroxyl groups is 1. The van der Waals surface area contributed by atoms with Gasteiger partial charge in [0.05, 0.1) is 30.5 Å². The van der Waals surface area contributed by atoms with Crippen LogP contribution in [0.4, 0.5) is 4.79 Å². The van der Waals surface area contributed by atoms with Gasteiger partial charge in [-0.05, 0) is 38.4 Å². The minimum absolute atomic E-state index is 0.00825. The van der Waals surface area contributed by atoms with Crippen LogP contribution in [0.5, 0.6) is 28.7 Å². The first-order valence-corrected chi connectivity index (χ1v) is 18.6. The molecule has 52 heavy (non-hydrogen) atoms. The Balaban J connectivity index is 1.45. The molecular formula is C34H35Cl3N4O10S. The Bertz CT molecular complexity index is 1900. The monoisotopic (exact) mass is 796 g/mol. The molecule has 0 aromatic heterocycles. The number of benzene rings is 2. The maximum Gasteiger partial charge on any atom is 0.408 e. The fourth-order valence-corrected chi connectivity index (χ4v) is 10.1. The van der Waals surface area contributed by atoms with Gasteiger partial charge in [-0.3, -0.25) is 14.6 Å². The summed E-state index contributed by atoms with van der Waals surface area (Å²) in [5, 5.41) is 24.7. The Labute approximate surface area is 318 Å². The van der Waals surface area contributed by atoms with Crippen LogP contribution in [0.15, 0.2) is 6.07 Å². The van der Waals surface area contributed by atoms with Gasteiger partial charge in [-0.1, -0.05) is 40.9 Å². The molecule has 0 unspecified atom stereocenters. The molecule has 5 aliphatic heterocycles. The molecule has 1 amide bonds. The highest BCUT2D eigenvalue weighted by Gasteiger charge is 2.60. The smallest absolute Gasteiger partial charge is 0.408 e. The minimum atomic E-state index is -1.88. The van der Waals surface area contributed by atoms with Gasteiger partial charge in [0.25, 0.3) is 0 Å². The van der Waals surface area contributed by atoms with Crippen LogP contribution in [0.1, 0.15) is 57.6 Å². The minimum Gasteiger partial charge on any atom is -0.504 e. The van der Waals surface area contributed by atoms with Gasteiger partial charge in [0.15, 0.2) is 23.0 Å². The summed E-state index contributed by atoms with van der Waals surface area (Å²) in [6.45, 7) is 3.97. The van der Waals surface area contributed by atoms with Gasteiger partial charge in [0.1, 0.15) is 31.0 Å². The number of alkyl carbamates (subject to hydrolysis) is 1. The van der Waals surface area contributed by atoms with Crippen molar-refractivity contribution in [2.75, 3.05) is 39.9 Å². The van der Waals surface area contributed by atoms with E-state index in [-0.39, 0.29) is 36.7 Å². The van der Waals surface area contributed by atoms with Gasteiger partial charge in [-0.15, -0.1) is 11.8 Å². The van der Waals surface area contributed by atoms with Crippen molar-refractivity contribution in [3.8, 4) is 34.8 Å². The van der Waals surface area contributed by atoms with Crippen LogP contribution in [0.25, 0.3) is 0 Å². The first-order chi connectivity index (χ1) is 24.7. The van der Waals surface area contributed by atoms with E-state index in [2.05, 4.69) is 21.2 Å². The number of ether oxygens (including phenoxy) is 6. The van der Waals surface area contributed by atoms with Crippen molar-refractivity contribution >= 4 is 64.6 Å². The molecule has 0 radical (unpaired) electrons. The van der Waals surface area contributed by atoms with Crippen LogP contribution in [0.2, 0.25) is 0 Å². The molecule has 18 heteroatoms. The number of phenolic OH excluding ortho intramolecular Hbond substituents is 1. The Hall–Kier alpha value is -3.52. The third kappa shape index (κ3) is 6.01. The average Bonchev–Trinajstić information content (AvgIpc) is 3.57. The molecule has 5 aliphatic rings. The number of hydrogen-bond donors (Lipinski definition) is 2. The second-order valence-corrected chi connectivity index (χ2v) is 17.0. The third-order valence-electron chi connectivity index (χ3n) is 10.3. The number of esters is 2. The largest absolute Gasteiger partial charge is 0.504 e. The number of carbonyl (C=O) groups excluding carboxylic acids is 3. The fourth-order valence-electron chi connectivity index (χ4n) is 8.40. The second kappa shape index (κ2) is 13.7. The molecule has 0 aliphatic carbocycles. The predicted octanol–water partition coefficient (Wildman–Crippen LogP) is 4.70.